The molecule has 184 valence electrons. The highest BCUT2D eigenvalue weighted by Gasteiger charge is 2.20. The second-order valence-electron chi connectivity index (χ2n) is 8.81. The Kier molecular flexibility index (Phi) is 7.64. The average Bonchev–Trinajstić information content (AvgIpc) is 3.18. The number of allylic oxidation sites excluding steroid dienone is 1. The van der Waals surface area contributed by atoms with Crippen LogP contribution < -0.4 is 11.1 Å². The van der Waals surface area contributed by atoms with E-state index in [2.05, 4.69) is 39.1 Å². The molecule has 4 aromatic rings. The van der Waals surface area contributed by atoms with Gasteiger partial charge in [0, 0.05) is 40.9 Å². The van der Waals surface area contributed by atoms with E-state index in [1.807, 2.05) is 57.2 Å². The topological polar surface area (TPSA) is 55.3 Å². The lowest BCUT2D eigenvalue weighted by atomic mass is 10.1. The van der Waals surface area contributed by atoms with Crippen LogP contribution in [0.3, 0.4) is 0 Å². The standard InChI is InChI=1S/C30H30F2N4/c1-4-28(35-26-7-5-6-21(3)12-26)27-16-29(23-10-8-20(2)9-11-23)36(30(27)17-34-19-33)18-22-13-24(31)15-25(32)14-22/h4-16,19,35H,17-18H2,1-3H3,(H2,33,34)/b28-4+. The number of hydrogen-bond acceptors (Lipinski definition) is 2. The van der Waals surface area contributed by atoms with Crippen molar-refractivity contribution in [3.8, 4) is 11.3 Å². The van der Waals surface area contributed by atoms with E-state index in [9.17, 15) is 8.78 Å². The van der Waals surface area contributed by atoms with Crippen LogP contribution in [-0.4, -0.2) is 10.9 Å². The Bertz CT molecular complexity index is 1400. The highest BCUT2D eigenvalue weighted by molar-refractivity contribution is 5.81. The van der Waals surface area contributed by atoms with Gasteiger partial charge in [-0.25, -0.2) is 8.78 Å². The molecule has 0 aliphatic heterocycles. The number of hydrogen-bond donors (Lipinski definition) is 2. The first kappa shape index (κ1) is 24.9. The first-order valence-electron chi connectivity index (χ1n) is 11.8. The second kappa shape index (κ2) is 11.0. The van der Waals surface area contributed by atoms with Crippen LogP contribution in [0.25, 0.3) is 17.0 Å². The highest BCUT2D eigenvalue weighted by Crippen LogP contribution is 2.33. The Hall–Kier alpha value is -4.19. The Morgan fingerprint density at radius 2 is 1.67 bits per heavy atom. The van der Waals surface area contributed by atoms with E-state index in [-0.39, 0.29) is 6.54 Å². The first-order valence-corrected chi connectivity index (χ1v) is 11.8. The number of aliphatic imine (C=N–C) groups is 1. The predicted molar refractivity (Wildman–Crippen MR) is 145 cm³/mol. The van der Waals surface area contributed by atoms with Crippen LogP contribution in [0.4, 0.5) is 14.5 Å². The zero-order valence-corrected chi connectivity index (χ0v) is 20.7. The minimum Gasteiger partial charge on any atom is -0.390 e. The fourth-order valence-corrected chi connectivity index (χ4v) is 4.33. The van der Waals surface area contributed by atoms with Gasteiger partial charge in [0.05, 0.1) is 12.9 Å². The summed E-state index contributed by atoms with van der Waals surface area (Å²) in [6.45, 7) is 6.64. The minimum absolute atomic E-state index is 0.273. The zero-order chi connectivity index (χ0) is 25.7. The summed E-state index contributed by atoms with van der Waals surface area (Å²) >= 11 is 0. The molecule has 0 unspecified atom stereocenters. The lowest BCUT2D eigenvalue weighted by Gasteiger charge is -2.16. The molecule has 4 nitrogen and oxygen atoms in total. The maximum Gasteiger partial charge on any atom is 0.126 e. The maximum atomic E-state index is 14.1. The van der Waals surface area contributed by atoms with E-state index in [0.29, 0.717) is 12.1 Å². The SMILES string of the molecule is C/C=C(/Nc1cccc(C)c1)c1cc(-c2ccc(C)cc2)n(Cc2cc(F)cc(F)c2)c1CN=CN. The molecule has 1 aromatic heterocycles. The molecule has 0 saturated carbocycles. The van der Waals surface area contributed by atoms with E-state index in [1.165, 1.54) is 18.5 Å². The van der Waals surface area contributed by atoms with Crippen molar-refractivity contribution in [2.45, 2.75) is 33.9 Å². The van der Waals surface area contributed by atoms with Gasteiger partial charge < -0.3 is 15.6 Å². The molecular weight excluding hydrogens is 454 g/mol. The smallest absolute Gasteiger partial charge is 0.126 e. The van der Waals surface area contributed by atoms with Gasteiger partial charge in [-0.3, -0.25) is 4.99 Å². The Labute approximate surface area is 210 Å². The molecule has 3 N–H and O–H groups in total. The number of nitrogens with one attached hydrogen (secondary N) is 1. The average molecular weight is 485 g/mol. The van der Waals surface area contributed by atoms with Gasteiger partial charge in [0.15, 0.2) is 0 Å². The van der Waals surface area contributed by atoms with Crippen molar-refractivity contribution in [1.29, 1.82) is 0 Å². The van der Waals surface area contributed by atoms with Crippen LogP contribution in [0.15, 0.2) is 83.9 Å². The normalized spacial score (nSPS) is 11.9. The van der Waals surface area contributed by atoms with Gasteiger partial charge in [0.25, 0.3) is 0 Å². The molecule has 0 bridgehead atoms. The molecule has 0 amide bonds. The monoisotopic (exact) mass is 484 g/mol. The largest absolute Gasteiger partial charge is 0.390 e. The third-order valence-electron chi connectivity index (χ3n) is 6.04. The number of halogens is 2. The molecule has 1 heterocycles. The first-order chi connectivity index (χ1) is 17.4. The van der Waals surface area contributed by atoms with E-state index in [4.69, 9.17) is 5.73 Å². The molecular formula is C30H30F2N4. The minimum atomic E-state index is -0.606. The van der Waals surface area contributed by atoms with Crippen molar-refractivity contribution in [2.75, 3.05) is 5.32 Å². The Balaban J connectivity index is 1.89. The number of nitrogens with two attached hydrogens (primary N) is 1. The van der Waals surface area contributed by atoms with E-state index in [0.717, 1.165) is 51.1 Å². The van der Waals surface area contributed by atoms with Crippen molar-refractivity contribution in [3.63, 3.8) is 0 Å². The van der Waals surface area contributed by atoms with E-state index >= 15 is 0 Å². The quantitative estimate of drug-likeness (QED) is 0.208. The van der Waals surface area contributed by atoms with Crippen molar-refractivity contribution >= 4 is 17.7 Å². The van der Waals surface area contributed by atoms with Gasteiger partial charge in [-0.2, -0.15) is 0 Å². The summed E-state index contributed by atoms with van der Waals surface area (Å²) in [5.74, 6) is -1.21. The van der Waals surface area contributed by atoms with Crippen LogP contribution >= 0.6 is 0 Å². The van der Waals surface area contributed by atoms with E-state index in [1.54, 1.807) is 0 Å². The molecule has 0 spiro atoms. The molecule has 0 aliphatic rings. The van der Waals surface area contributed by atoms with Gasteiger partial charge in [-0.1, -0.05) is 48.0 Å². The Morgan fingerprint density at radius 1 is 0.944 bits per heavy atom. The Morgan fingerprint density at radius 3 is 2.31 bits per heavy atom. The number of benzene rings is 3. The van der Waals surface area contributed by atoms with Crippen molar-refractivity contribution in [3.05, 3.63) is 118 Å². The predicted octanol–water partition coefficient (Wildman–Crippen LogP) is 7.06. The molecule has 4 rings (SSSR count). The van der Waals surface area contributed by atoms with Crippen molar-refractivity contribution in [2.24, 2.45) is 10.7 Å². The summed E-state index contributed by atoms with van der Waals surface area (Å²) in [6.07, 6.45) is 3.29. The number of aromatic nitrogens is 1. The summed E-state index contributed by atoms with van der Waals surface area (Å²) in [6, 6.07) is 22.1. The summed E-state index contributed by atoms with van der Waals surface area (Å²) in [5, 5.41) is 3.53. The van der Waals surface area contributed by atoms with E-state index < -0.39 is 11.6 Å². The summed E-state index contributed by atoms with van der Waals surface area (Å²) in [5.41, 5.74) is 14.0. The molecule has 0 aliphatic carbocycles. The lowest BCUT2D eigenvalue weighted by Crippen LogP contribution is -2.09. The number of nitrogens with zero attached hydrogens (tertiary/aromatic N) is 2. The molecule has 3 aromatic carbocycles. The number of aryl methyl sites for hydroxylation is 2. The highest BCUT2D eigenvalue weighted by atomic mass is 19.1. The molecule has 36 heavy (non-hydrogen) atoms. The molecule has 0 saturated heterocycles. The molecule has 6 heteroatoms. The summed E-state index contributed by atoms with van der Waals surface area (Å²) < 4.78 is 30.2. The van der Waals surface area contributed by atoms with Crippen LogP contribution in [0.1, 0.15) is 34.9 Å². The third-order valence-corrected chi connectivity index (χ3v) is 6.04. The second-order valence-corrected chi connectivity index (χ2v) is 8.81. The van der Waals surface area contributed by atoms with Gasteiger partial charge in [0.2, 0.25) is 0 Å². The van der Waals surface area contributed by atoms with Crippen molar-refractivity contribution < 1.29 is 8.78 Å². The van der Waals surface area contributed by atoms with Gasteiger partial charge in [0.1, 0.15) is 11.6 Å². The zero-order valence-electron chi connectivity index (χ0n) is 20.7. The van der Waals surface area contributed by atoms with Crippen LogP contribution in [0.5, 0.6) is 0 Å². The summed E-state index contributed by atoms with van der Waals surface area (Å²) in [4.78, 5) is 4.33. The van der Waals surface area contributed by atoms with Crippen LogP contribution in [0.2, 0.25) is 0 Å². The maximum absolute atomic E-state index is 14.1. The fourth-order valence-electron chi connectivity index (χ4n) is 4.33. The number of rotatable bonds is 8. The fraction of sp³-hybridized carbons (Fsp3) is 0.167. The third kappa shape index (κ3) is 5.71. The van der Waals surface area contributed by atoms with Crippen LogP contribution in [-0.2, 0) is 13.1 Å². The molecule has 0 radical (unpaired) electrons. The van der Waals surface area contributed by atoms with Crippen LogP contribution in [0, 0.1) is 25.5 Å². The van der Waals surface area contributed by atoms with Gasteiger partial charge in [-0.15, -0.1) is 0 Å². The lowest BCUT2D eigenvalue weighted by molar-refractivity contribution is 0.577. The molecule has 0 atom stereocenters. The number of anilines is 1. The van der Waals surface area contributed by atoms with Gasteiger partial charge >= 0.3 is 0 Å². The summed E-state index contributed by atoms with van der Waals surface area (Å²) in [7, 11) is 0. The molecule has 0 fully saturated rings. The van der Waals surface area contributed by atoms with Gasteiger partial charge in [-0.05, 0) is 67.8 Å². The van der Waals surface area contributed by atoms with Crippen molar-refractivity contribution in [1.82, 2.24) is 4.57 Å².